The summed E-state index contributed by atoms with van der Waals surface area (Å²) in [6, 6.07) is 6.96. The van der Waals surface area contributed by atoms with E-state index < -0.39 is 5.91 Å². The van der Waals surface area contributed by atoms with Crippen molar-refractivity contribution in [2.75, 3.05) is 12.4 Å². The van der Waals surface area contributed by atoms with Gasteiger partial charge in [0.1, 0.15) is 10.8 Å². The number of methoxy groups -OCH3 is 1. The molecule has 0 bridgehead atoms. The molecule has 2 heterocycles. The van der Waals surface area contributed by atoms with Crippen LogP contribution in [0.15, 0.2) is 24.3 Å². The minimum atomic E-state index is -0.531. The summed E-state index contributed by atoms with van der Waals surface area (Å²) in [6.45, 7) is 8.32. The molecule has 0 saturated carbocycles. The summed E-state index contributed by atoms with van der Waals surface area (Å²) in [5.41, 5.74) is 6.90. The number of nitrogens with one attached hydrogen (secondary N) is 2. The van der Waals surface area contributed by atoms with Crippen LogP contribution >= 0.6 is 11.3 Å². The van der Waals surface area contributed by atoms with Crippen LogP contribution in [0, 0.1) is 0 Å². The molecule has 2 amide bonds. The fraction of sp³-hybridized carbons (Fsp3) is 0.400. The van der Waals surface area contributed by atoms with E-state index in [4.69, 9.17) is 10.5 Å². The Morgan fingerprint density at radius 1 is 1.22 bits per heavy atom. The van der Waals surface area contributed by atoms with Crippen molar-refractivity contribution < 1.29 is 14.3 Å². The molecule has 144 valence electrons. The Morgan fingerprint density at radius 3 is 2.52 bits per heavy atom. The molecule has 1 aromatic carbocycles. The van der Waals surface area contributed by atoms with Gasteiger partial charge in [0.2, 0.25) is 0 Å². The first kappa shape index (κ1) is 19.4. The SMILES string of the molecule is COc1ccccc1C(=O)Nc1sc2c(c1C(N)=O)CC(C)(C)NC2(C)C. The van der Waals surface area contributed by atoms with E-state index in [1.165, 1.54) is 18.4 Å². The number of fused-ring (bicyclic) bond motifs is 1. The molecule has 6 nitrogen and oxygen atoms in total. The van der Waals surface area contributed by atoms with Crippen LogP contribution in [0.1, 0.15) is 58.9 Å². The Hall–Kier alpha value is -2.38. The second-order valence-electron chi connectivity index (χ2n) is 7.94. The molecule has 0 fully saturated rings. The first-order valence-electron chi connectivity index (χ1n) is 8.75. The number of anilines is 1. The standard InChI is InChI=1S/C20H25N3O3S/c1-19(2)10-12-14(16(21)24)18(27-15(12)20(3,4)23-19)22-17(25)11-8-6-7-9-13(11)26-5/h6-9,23H,10H2,1-5H3,(H2,21,24)(H,22,25). The Morgan fingerprint density at radius 2 is 1.89 bits per heavy atom. The number of thiophene rings is 1. The van der Waals surface area contributed by atoms with Crippen LogP contribution in [-0.4, -0.2) is 24.5 Å². The molecule has 0 saturated heterocycles. The molecule has 0 atom stereocenters. The quantitative estimate of drug-likeness (QED) is 0.751. The molecule has 0 aliphatic carbocycles. The van der Waals surface area contributed by atoms with Gasteiger partial charge in [-0.1, -0.05) is 12.1 Å². The Balaban J connectivity index is 2.06. The van der Waals surface area contributed by atoms with Crippen molar-refractivity contribution >= 4 is 28.2 Å². The third-order valence-electron chi connectivity index (χ3n) is 4.67. The Kier molecular flexibility index (Phi) is 4.78. The fourth-order valence-electron chi connectivity index (χ4n) is 3.88. The average molecular weight is 388 g/mol. The van der Waals surface area contributed by atoms with Gasteiger partial charge in [-0.3, -0.25) is 9.59 Å². The van der Waals surface area contributed by atoms with Gasteiger partial charge < -0.3 is 21.1 Å². The predicted octanol–water partition coefficient (Wildman–Crippen LogP) is 3.27. The minimum absolute atomic E-state index is 0.189. The number of rotatable bonds is 4. The highest BCUT2D eigenvalue weighted by atomic mass is 32.1. The molecule has 1 aliphatic heterocycles. The number of para-hydroxylation sites is 1. The number of hydrogen-bond acceptors (Lipinski definition) is 5. The van der Waals surface area contributed by atoms with Crippen molar-refractivity contribution in [2.45, 2.75) is 45.2 Å². The summed E-state index contributed by atoms with van der Waals surface area (Å²) in [7, 11) is 1.51. The topological polar surface area (TPSA) is 93.4 Å². The summed E-state index contributed by atoms with van der Waals surface area (Å²) in [5, 5.41) is 6.96. The molecule has 3 rings (SSSR count). The third kappa shape index (κ3) is 3.57. The molecule has 7 heteroatoms. The first-order valence-corrected chi connectivity index (χ1v) is 9.57. The van der Waals surface area contributed by atoms with Gasteiger partial charge in [0.25, 0.3) is 11.8 Å². The summed E-state index contributed by atoms with van der Waals surface area (Å²) < 4.78 is 5.26. The van der Waals surface area contributed by atoms with Crippen LogP contribution in [0.2, 0.25) is 0 Å². The lowest BCUT2D eigenvalue weighted by atomic mass is 9.81. The van der Waals surface area contributed by atoms with E-state index in [1.54, 1.807) is 24.3 Å². The number of carbonyl (C=O) groups is 2. The molecule has 1 aliphatic rings. The lowest BCUT2D eigenvalue weighted by Crippen LogP contribution is -2.55. The largest absolute Gasteiger partial charge is 0.496 e. The summed E-state index contributed by atoms with van der Waals surface area (Å²) >= 11 is 1.40. The predicted molar refractivity (Wildman–Crippen MR) is 108 cm³/mol. The maximum atomic E-state index is 12.8. The number of carbonyl (C=O) groups excluding carboxylic acids is 2. The number of benzene rings is 1. The third-order valence-corrected chi connectivity index (χ3v) is 6.14. The molecule has 0 unspecified atom stereocenters. The molecular formula is C20H25N3O3S. The Labute approximate surface area is 163 Å². The fourth-order valence-corrected chi connectivity index (χ4v) is 5.16. The maximum Gasteiger partial charge on any atom is 0.260 e. The van der Waals surface area contributed by atoms with E-state index in [2.05, 4.69) is 38.3 Å². The highest BCUT2D eigenvalue weighted by molar-refractivity contribution is 7.17. The van der Waals surface area contributed by atoms with Gasteiger partial charge in [0.05, 0.1) is 18.2 Å². The van der Waals surface area contributed by atoms with Gasteiger partial charge in [0, 0.05) is 16.0 Å². The van der Waals surface area contributed by atoms with E-state index in [9.17, 15) is 9.59 Å². The smallest absolute Gasteiger partial charge is 0.260 e. The van der Waals surface area contributed by atoms with Crippen molar-refractivity contribution in [3.05, 3.63) is 45.8 Å². The van der Waals surface area contributed by atoms with E-state index in [0.29, 0.717) is 28.3 Å². The number of primary amides is 1. The van der Waals surface area contributed by atoms with Crippen LogP contribution in [0.5, 0.6) is 5.75 Å². The summed E-state index contributed by atoms with van der Waals surface area (Å²) in [6.07, 6.45) is 0.658. The molecular weight excluding hydrogens is 362 g/mol. The highest BCUT2D eigenvalue weighted by Crippen LogP contribution is 2.45. The Bertz CT molecular complexity index is 915. The van der Waals surface area contributed by atoms with Gasteiger partial charge in [-0.15, -0.1) is 11.3 Å². The number of amides is 2. The first-order chi connectivity index (χ1) is 12.6. The van der Waals surface area contributed by atoms with Crippen molar-refractivity contribution in [1.29, 1.82) is 0 Å². The van der Waals surface area contributed by atoms with Crippen LogP contribution in [-0.2, 0) is 12.0 Å². The monoisotopic (exact) mass is 387 g/mol. The van der Waals surface area contributed by atoms with Crippen molar-refractivity contribution in [3.63, 3.8) is 0 Å². The molecule has 2 aromatic rings. The lowest BCUT2D eigenvalue weighted by molar-refractivity contribution is 0.0999. The van der Waals surface area contributed by atoms with Crippen LogP contribution < -0.4 is 21.1 Å². The molecule has 1 aromatic heterocycles. The molecule has 0 radical (unpaired) electrons. The maximum absolute atomic E-state index is 12.8. The van der Waals surface area contributed by atoms with Crippen LogP contribution in [0.3, 0.4) is 0 Å². The van der Waals surface area contributed by atoms with Crippen molar-refractivity contribution in [3.8, 4) is 5.75 Å². The normalized spacial score (nSPS) is 17.1. The second kappa shape index (κ2) is 6.65. The zero-order valence-corrected chi connectivity index (χ0v) is 17.0. The van der Waals surface area contributed by atoms with E-state index >= 15 is 0 Å². The van der Waals surface area contributed by atoms with Gasteiger partial charge in [-0.05, 0) is 51.8 Å². The van der Waals surface area contributed by atoms with Crippen molar-refractivity contribution in [1.82, 2.24) is 5.32 Å². The van der Waals surface area contributed by atoms with E-state index in [-0.39, 0.29) is 17.0 Å². The molecule has 4 N–H and O–H groups in total. The number of hydrogen-bond donors (Lipinski definition) is 3. The van der Waals surface area contributed by atoms with Gasteiger partial charge in [-0.25, -0.2) is 0 Å². The number of ether oxygens (including phenoxy) is 1. The highest BCUT2D eigenvalue weighted by Gasteiger charge is 2.41. The van der Waals surface area contributed by atoms with Gasteiger partial charge >= 0.3 is 0 Å². The minimum Gasteiger partial charge on any atom is -0.496 e. The van der Waals surface area contributed by atoms with Crippen molar-refractivity contribution in [2.24, 2.45) is 5.73 Å². The van der Waals surface area contributed by atoms with E-state index in [0.717, 1.165) is 10.4 Å². The number of nitrogens with two attached hydrogens (primary N) is 1. The zero-order chi connectivity index (χ0) is 20.0. The van der Waals surface area contributed by atoms with Crippen LogP contribution in [0.4, 0.5) is 5.00 Å². The average Bonchev–Trinajstić information content (AvgIpc) is 2.91. The van der Waals surface area contributed by atoms with E-state index in [1.807, 2.05) is 0 Å². The summed E-state index contributed by atoms with van der Waals surface area (Å²) in [5.74, 6) is -0.394. The zero-order valence-electron chi connectivity index (χ0n) is 16.2. The summed E-state index contributed by atoms with van der Waals surface area (Å²) in [4.78, 5) is 26.1. The van der Waals surface area contributed by atoms with Gasteiger partial charge in [0.15, 0.2) is 0 Å². The van der Waals surface area contributed by atoms with Gasteiger partial charge in [-0.2, -0.15) is 0 Å². The molecule has 27 heavy (non-hydrogen) atoms. The molecule has 0 spiro atoms. The van der Waals surface area contributed by atoms with Crippen LogP contribution in [0.25, 0.3) is 0 Å². The lowest BCUT2D eigenvalue weighted by Gasteiger charge is -2.42. The second-order valence-corrected chi connectivity index (χ2v) is 8.96.